The molecule has 0 amide bonds. The summed E-state index contributed by atoms with van der Waals surface area (Å²) in [6.07, 6.45) is 16.2. The Hall–Kier alpha value is -4.60. The minimum absolute atomic E-state index is 0.0663. The first kappa shape index (κ1) is 61.4. The zero-order chi connectivity index (χ0) is 53.1. The van der Waals surface area contributed by atoms with Gasteiger partial charge >= 0.3 is 0 Å². The van der Waals surface area contributed by atoms with Gasteiger partial charge in [-0.05, 0) is 67.4 Å². The Morgan fingerprint density at radius 1 is 0.324 bits per heavy atom. The van der Waals surface area contributed by atoms with E-state index in [9.17, 15) is 0 Å². The van der Waals surface area contributed by atoms with Crippen LogP contribution in [0.3, 0.4) is 0 Å². The summed E-state index contributed by atoms with van der Waals surface area (Å²) in [6.45, 7) is 61.2. The van der Waals surface area contributed by atoms with Gasteiger partial charge in [-0.2, -0.15) is 20.4 Å². The number of aromatic nitrogens is 10. The molecule has 0 saturated carbocycles. The van der Waals surface area contributed by atoms with Gasteiger partial charge in [-0.1, -0.05) is 194 Å². The number of nitrogens with zero attached hydrogens (tertiary/aromatic N) is 10. The van der Waals surface area contributed by atoms with Crippen LogP contribution in [-0.4, -0.2) is 50.3 Å². The van der Waals surface area contributed by atoms with Crippen molar-refractivity contribution in [2.45, 2.75) is 249 Å². The second kappa shape index (κ2) is 23.8. The molecule has 378 valence electrons. The number of rotatable bonds is 2. The van der Waals surface area contributed by atoms with Crippen LogP contribution >= 0.6 is 0 Å². The van der Waals surface area contributed by atoms with Crippen molar-refractivity contribution >= 4 is 0 Å². The van der Waals surface area contributed by atoms with E-state index in [4.69, 9.17) is 0 Å². The molecular formula is C58H96N10. The van der Waals surface area contributed by atoms with Gasteiger partial charge in [0.2, 0.25) is 0 Å². The Labute approximate surface area is 416 Å². The molecule has 0 aliphatic rings. The average Bonchev–Trinajstić information content (AvgIpc) is 3.19. The van der Waals surface area contributed by atoms with Crippen molar-refractivity contribution in [3.63, 3.8) is 0 Å². The molecule has 5 aromatic heterocycles. The van der Waals surface area contributed by atoms with Crippen molar-refractivity contribution in [2.24, 2.45) is 0 Å². The van der Waals surface area contributed by atoms with Gasteiger partial charge in [0, 0.05) is 58.3 Å². The smallest absolute Gasteiger partial charge is 0.115 e. The van der Waals surface area contributed by atoms with Crippen molar-refractivity contribution in [1.82, 2.24) is 50.3 Å². The van der Waals surface area contributed by atoms with Crippen LogP contribution in [0, 0.1) is 0 Å². The van der Waals surface area contributed by atoms with Crippen LogP contribution in [0.4, 0.5) is 0 Å². The molecule has 0 saturated heterocycles. The molecule has 5 rings (SSSR count). The first-order valence-electron chi connectivity index (χ1n) is 24.6. The highest BCUT2D eigenvalue weighted by molar-refractivity contribution is 5.33. The quantitative estimate of drug-likeness (QED) is 0.169. The molecule has 0 aliphatic carbocycles. The third kappa shape index (κ3) is 19.8. The van der Waals surface area contributed by atoms with Gasteiger partial charge in [-0.25, -0.2) is 19.9 Å². The fourth-order valence-electron chi connectivity index (χ4n) is 7.20. The highest BCUT2D eigenvalue weighted by Crippen LogP contribution is 2.34. The molecule has 0 atom stereocenters. The second-order valence-electron chi connectivity index (χ2n) is 26.8. The van der Waals surface area contributed by atoms with Crippen LogP contribution < -0.4 is 0 Å². The molecular weight excluding hydrogens is 837 g/mol. The molecule has 10 nitrogen and oxygen atoms in total. The van der Waals surface area contributed by atoms with Crippen molar-refractivity contribution in [2.75, 3.05) is 0 Å². The molecule has 0 spiro atoms. The lowest BCUT2D eigenvalue weighted by molar-refractivity contribution is 0.498. The van der Waals surface area contributed by atoms with Crippen LogP contribution in [0.1, 0.15) is 262 Å². The summed E-state index contributed by atoms with van der Waals surface area (Å²) >= 11 is 0. The summed E-state index contributed by atoms with van der Waals surface area (Å²) in [5.74, 6) is 0.988. The number of hydrogen-bond donors (Lipinski definition) is 0. The van der Waals surface area contributed by atoms with Gasteiger partial charge in [0.15, 0.2) is 0 Å². The van der Waals surface area contributed by atoms with E-state index in [-0.39, 0.29) is 43.3 Å². The lowest BCUT2D eigenvalue weighted by atomic mass is 9.77. The third-order valence-corrected chi connectivity index (χ3v) is 10.9. The fourth-order valence-corrected chi connectivity index (χ4v) is 7.20. The maximum atomic E-state index is 4.45. The first-order valence-corrected chi connectivity index (χ1v) is 24.6. The standard InChI is InChI=1S/3C12H20N2.2C11H18N2/c1-11(2,3)9-7-13-8-14-10(9)12(4,5)6;1-11(2,3)9-7-13-14-8-10(9)12(4,5)6;1-11(2,3)9-10(12(4,5)6)14-8-7-13-9;1-8(2)10-9(11(3,4)5)6-12-7-13-10;1-8(2)9-6-7-12-13-10(9)11(3,4)5/h3*7-8H,1-6H3;2*6-8H,1-5H3. The highest BCUT2D eigenvalue weighted by Gasteiger charge is 2.29. The molecule has 68 heavy (non-hydrogen) atoms. The molecule has 5 aromatic rings. The van der Waals surface area contributed by atoms with Crippen LogP contribution in [0.25, 0.3) is 0 Å². The van der Waals surface area contributed by atoms with Gasteiger partial charge in [-0.15, -0.1) is 0 Å². The minimum Gasteiger partial charge on any atom is -0.257 e. The number of hydrogen-bond acceptors (Lipinski definition) is 10. The van der Waals surface area contributed by atoms with Gasteiger partial charge < -0.3 is 0 Å². The van der Waals surface area contributed by atoms with Gasteiger partial charge in [0.25, 0.3) is 0 Å². The zero-order valence-corrected chi connectivity index (χ0v) is 48.4. The Kier molecular flexibility index (Phi) is 21.5. The SMILES string of the molecule is CC(C)(C)c1cncnc1C(C)(C)C.CC(C)(C)c1cnncc1C(C)(C)C.CC(C)(C)c1nccnc1C(C)(C)C.CC(C)c1ccnnc1C(C)(C)C.CC(C)c1ncncc1C(C)(C)C. The molecule has 10 heteroatoms. The minimum atomic E-state index is 0.0663. The van der Waals surface area contributed by atoms with E-state index in [0.29, 0.717) is 11.8 Å². The molecule has 0 aromatic carbocycles. The van der Waals surface area contributed by atoms with Crippen LogP contribution in [-0.2, 0) is 43.3 Å². The van der Waals surface area contributed by atoms with Gasteiger partial charge in [-0.3, -0.25) is 9.97 Å². The lowest BCUT2D eigenvalue weighted by Gasteiger charge is -2.28. The molecule has 0 N–H and O–H groups in total. The predicted octanol–water partition coefficient (Wildman–Crippen LogP) is 15.0. The van der Waals surface area contributed by atoms with E-state index in [1.807, 2.05) is 24.8 Å². The molecule has 0 radical (unpaired) electrons. The maximum absolute atomic E-state index is 4.45. The van der Waals surface area contributed by atoms with Crippen LogP contribution in [0.2, 0.25) is 0 Å². The average molecular weight is 933 g/mol. The summed E-state index contributed by atoms with van der Waals surface area (Å²) in [4.78, 5) is 25.8. The summed E-state index contributed by atoms with van der Waals surface area (Å²) in [7, 11) is 0. The first-order chi connectivity index (χ1) is 30.5. The molecule has 0 unspecified atom stereocenters. The van der Waals surface area contributed by atoms with E-state index in [1.54, 1.807) is 31.2 Å². The van der Waals surface area contributed by atoms with Crippen molar-refractivity contribution in [3.8, 4) is 0 Å². The summed E-state index contributed by atoms with van der Waals surface area (Å²) in [5, 5.41) is 16.1. The molecule has 5 heterocycles. The largest absolute Gasteiger partial charge is 0.257 e. The monoisotopic (exact) mass is 933 g/mol. The normalized spacial score (nSPS) is 12.7. The van der Waals surface area contributed by atoms with Gasteiger partial charge in [0.1, 0.15) is 12.7 Å². The fraction of sp³-hybridized carbons (Fsp3) is 0.655. The maximum Gasteiger partial charge on any atom is 0.115 e. The Balaban J connectivity index is 0.000000425. The predicted molar refractivity (Wildman–Crippen MR) is 288 cm³/mol. The third-order valence-electron chi connectivity index (χ3n) is 10.9. The Morgan fingerprint density at radius 2 is 0.691 bits per heavy atom. The van der Waals surface area contributed by atoms with E-state index in [0.717, 1.165) is 22.8 Å². The van der Waals surface area contributed by atoms with Crippen molar-refractivity contribution in [3.05, 3.63) is 118 Å². The lowest BCUT2D eigenvalue weighted by Crippen LogP contribution is -2.24. The van der Waals surface area contributed by atoms with Crippen molar-refractivity contribution in [1.29, 1.82) is 0 Å². The highest BCUT2D eigenvalue weighted by atomic mass is 15.1. The van der Waals surface area contributed by atoms with E-state index in [1.165, 1.54) is 33.5 Å². The van der Waals surface area contributed by atoms with Crippen molar-refractivity contribution < 1.29 is 0 Å². The second-order valence-corrected chi connectivity index (χ2v) is 26.8. The van der Waals surface area contributed by atoms with Gasteiger partial charge in [0.05, 0.1) is 35.2 Å². The topological polar surface area (TPSA) is 129 Å². The van der Waals surface area contributed by atoms with E-state index in [2.05, 4.69) is 250 Å². The van der Waals surface area contributed by atoms with Crippen LogP contribution in [0.15, 0.2) is 62.1 Å². The summed E-state index contributed by atoms with van der Waals surface area (Å²) in [6, 6.07) is 2.07. The Morgan fingerprint density at radius 3 is 0.985 bits per heavy atom. The van der Waals surface area contributed by atoms with Crippen LogP contribution in [0.5, 0.6) is 0 Å². The zero-order valence-electron chi connectivity index (χ0n) is 48.4. The molecule has 0 bridgehead atoms. The molecule has 0 fully saturated rings. The van der Waals surface area contributed by atoms with E-state index >= 15 is 0 Å². The summed E-state index contributed by atoms with van der Waals surface area (Å²) in [5.41, 5.74) is 12.9. The molecule has 0 aliphatic heterocycles. The Bertz CT molecular complexity index is 1950. The van der Waals surface area contributed by atoms with E-state index < -0.39 is 0 Å². The summed E-state index contributed by atoms with van der Waals surface area (Å²) < 4.78 is 0.